The molecule has 25 heavy (non-hydrogen) atoms. The molecule has 2 aliphatic heterocycles. The summed E-state index contributed by atoms with van der Waals surface area (Å²) in [5, 5.41) is 3.12. The number of hydroxylamine groups is 7. The Bertz CT molecular complexity index is 366. The minimum atomic E-state index is 0.320. The number of rotatable bonds is 16. The zero-order chi connectivity index (χ0) is 18.1. The van der Waals surface area contributed by atoms with Crippen LogP contribution in [0.1, 0.15) is 12.8 Å². The summed E-state index contributed by atoms with van der Waals surface area (Å²) in [6.45, 7) is 6.04. The van der Waals surface area contributed by atoms with Crippen molar-refractivity contribution in [3.05, 3.63) is 0 Å². The second-order valence-electron chi connectivity index (χ2n) is 7.02. The highest BCUT2D eigenvalue weighted by molar-refractivity contribution is 4.67. The van der Waals surface area contributed by atoms with Gasteiger partial charge in [-0.05, 0) is 6.42 Å². The molecule has 2 heterocycles. The molecular formula is C16H34N3O6+. The van der Waals surface area contributed by atoms with E-state index in [1.807, 2.05) is 21.1 Å². The predicted molar refractivity (Wildman–Crippen MR) is 89.9 cm³/mol. The van der Waals surface area contributed by atoms with E-state index in [2.05, 4.69) is 0 Å². The highest BCUT2D eigenvalue weighted by atomic mass is 17.1. The van der Waals surface area contributed by atoms with Gasteiger partial charge in [0.1, 0.15) is 32.8 Å². The van der Waals surface area contributed by atoms with Crippen LogP contribution in [0.2, 0.25) is 0 Å². The molecule has 0 amide bonds. The summed E-state index contributed by atoms with van der Waals surface area (Å²) in [7, 11) is 7.59. The molecule has 0 aromatic heterocycles. The maximum atomic E-state index is 5.79. The first-order valence-corrected chi connectivity index (χ1v) is 8.99. The Morgan fingerprint density at radius 1 is 0.960 bits per heavy atom. The van der Waals surface area contributed by atoms with Crippen molar-refractivity contribution in [3.8, 4) is 0 Å². The lowest BCUT2D eigenvalue weighted by molar-refractivity contribution is -1.11. The van der Waals surface area contributed by atoms with Crippen LogP contribution in [0.15, 0.2) is 0 Å². The number of hydrogen-bond acceptors (Lipinski definition) is 8. The summed E-state index contributed by atoms with van der Waals surface area (Å²) >= 11 is 0. The van der Waals surface area contributed by atoms with Gasteiger partial charge < -0.3 is 18.9 Å². The van der Waals surface area contributed by atoms with Crippen molar-refractivity contribution in [2.24, 2.45) is 0 Å². The number of hydrogen-bond donors (Lipinski definition) is 0. The Morgan fingerprint density at radius 2 is 1.52 bits per heavy atom. The fourth-order valence-corrected chi connectivity index (χ4v) is 2.30. The summed E-state index contributed by atoms with van der Waals surface area (Å²) in [6, 6.07) is 0. The zero-order valence-electron chi connectivity index (χ0n) is 16.0. The van der Waals surface area contributed by atoms with E-state index in [0.29, 0.717) is 43.3 Å². The first-order chi connectivity index (χ1) is 11.9. The number of nitrogens with zero attached hydrogens (tertiary/aromatic N) is 3. The number of epoxide rings is 2. The third-order valence-corrected chi connectivity index (χ3v) is 3.75. The van der Waals surface area contributed by atoms with Gasteiger partial charge in [0, 0.05) is 38.9 Å². The molecule has 2 saturated heterocycles. The molecule has 0 aromatic carbocycles. The Kier molecular flexibility index (Phi) is 8.97. The molecule has 9 nitrogen and oxygen atoms in total. The van der Waals surface area contributed by atoms with E-state index in [1.54, 1.807) is 12.1 Å². The molecule has 0 aromatic rings. The molecule has 0 aliphatic carbocycles. The Morgan fingerprint density at radius 3 is 2.08 bits per heavy atom. The van der Waals surface area contributed by atoms with E-state index in [1.165, 1.54) is 5.23 Å². The largest absolute Gasteiger partial charge is 0.379 e. The fraction of sp³-hybridized carbons (Fsp3) is 1.00. The summed E-state index contributed by atoms with van der Waals surface area (Å²) in [6.07, 6.45) is 2.44. The van der Waals surface area contributed by atoms with Crippen LogP contribution in [0.25, 0.3) is 0 Å². The molecule has 2 unspecified atom stereocenters. The smallest absolute Gasteiger partial charge is 0.113 e. The lowest BCUT2D eigenvalue weighted by Crippen LogP contribution is -2.47. The van der Waals surface area contributed by atoms with Crippen LogP contribution in [0.5, 0.6) is 0 Å². The molecule has 0 N–H and O–H groups in total. The van der Waals surface area contributed by atoms with Crippen molar-refractivity contribution in [2.75, 3.05) is 80.9 Å². The monoisotopic (exact) mass is 364 g/mol. The van der Waals surface area contributed by atoms with Crippen molar-refractivity contribution in [3.63, 3.8) is 0 Å². The van der Waals surface area contributed by atoms with Gasteiger partial charge in [-0.25, -0.2) is 0 Å². The molecule has 2 aliphatic rings. The highest BCUT2D eigenvalue weighted by Crippen LogP contribution is 2.10. The van der Waals surface area contributed by atoms with Gasteiger partial charge >= 0.3 is 0 Å². The highest BCUT2D eigenvalue weighted by Gasteiger charge is 2.24. The molecule has 0 radical (unpaired) electrons. The lowest BCUT2D eigenvalue weighted by atomic mass is 10.4. The number of ether oxygens (including phenoxy) is 4. The maximum absolute atomic E-state index is 5.79. The summed E-state index contributed by atoms with van der Waals surface area (Å²) in [5.74, 6) is 0. The van der Waals surface area contributed by atoms with E-state index >= 15 is 0 Å². The molecule has 9 heteroatoms. The van der Waals surface area contributed by atoms with Crippen LogP contribution in [0.4, 0.5) is 0 Å². The molecule has 148 valence electrons. The molecule has 2 atom stereocenters. The topological polar surface area (TPSA) is 68.5 Å². The average Bonchev–Trinajstić information content (AvgIpc) is 3.40. The molecular weight excluding hydrogens is 330 g/mol. The Labute approximate surface area is 150 Å². The quantitative estimate of drug-likeness (QED) is 0.167. The van der Waals surface area contributed by atoms with Gasteiger partial charge in [0.25, 0.3) is 0 Å². The van der Waals surface area contributed by atoms with Crippen molar-refractivity contribution in [1.29, 1.82) is 0 Å². The average molecular weight is 364 g/mol. The van der Waals surface area contributed by atoms with Crippen LogP contribution in [0.3, 0.4) is 0 Å². The second kappa shape index (κ2) is 10.7. The summed E-state index contributed by atoms with van der Waals surface area (Å²) in [4.78, 5) is 11.4. The first kappa shape index (κ1) is 20.9. The first-order valence-electron chi connectivity index (χ1n) is 8.99. The van der Waals surface area contributed by atoms with Gasteiger partial charge in [0.05, 0.1) is 33.0 Å². The van der Waals surface area contributed by atoms with Crippen molar-refractivity contribution >= 4 is 0 Å². The van der Waals surface area contributed by atoms with Crippen LogP contribution < -0.4 is 0 Å². The maximum Gasteiger partial charge on any atom is 0.113 e. The number of quaternary nitrogens is 1. The van der Waals surface area contributed by atoms with Gasteiger partial charge in [-0.1, -0.05) is 4.94 Å². The van der Waals surface area contributed by atoms with Crippen molar-refractivity contribution < 1.29 is 33.5 Å². The van der Waals surface area contributed by atoms with Crippen molar-refractivity contribution in [1.82, 2.24) is 10.3 Å². The van der Waals surface area contributed by atoms with Crippen LogP contribution in [0, 0.1) is 0 Å². The van der Waals surface area contributed by atoms with Gasteiger partial charge in [0.2, 0.25) is 0 Å². The van der Waals surface area contributed by atoms with Crippen LogP contribution in [-0.4, -0.2) is 108 Å². The van der Waals surface area contributed by atoms with E-state index in [-0.39, 0.29) is 0 Å². The molecule has 2 fully saturated rings. The van der Waals surface area contributed by atoms with Gasteiger partial charge in [-0.15, -0.1) is 0 Å². The molecule has 2 rings (SSSR count). The van der Waals surface area contributed by atoms with E-state index < -0.39 is 0 Å². The van der Waals surface area contributed by atoms with Crippen LogP contribution >= 0.6 is 0 Å². The van der Waals surface area contributed by atoms with Gasteiger partial charge in [-0.3, -0.25) is 0 Å². The minimum Gasteiger partial charge on any atom is -0.379 e. The SMILES string of the molecule is CN(CCCOCC1CO1)ON(C)O[N+](C)(C)CCCOCC1CO1. The normalized spacial score (nSPS) is 22.8. The second-order valence-corrected chi connectivity index (χ2v) is 7.02. The standard InChI is InChI=1S/C16H34N3O6/c1-17(7-5-9-20-11-15-13-22-15)24-18(2)25-19(3,4)8-6-10-21-12-16-14-23-16/h15-16H,5-14H2,1-4H3/q+1. The predicted octanol–water partition coefficient (Wildman–Crippen LogP) is 0.231. The Balaban J connectivity index is 1.45. The zero-order valence-corrected chi connectivity index (χ0v) is 16.0. The van der Waals surface area contributed by atoms with E-state index in [0.717, 1.165) is 39.1 Å². The van der Waals surface area contributed by atoms with Crippen molar-refractivity contribution in [2.45, 2.75) is 25.0 Å². The molecule has 0 spiro atoms. The van der Waals surface area contributed by atoms with E-state index in [9.17, 15) is 0 Å². The van der Waals surface area contributed by atoms with Gasteiger partial charge in [0.15, 0.2) is 0 Å². The lowest BCUT2D eigenvalue weighted by Gasteiger charge is -2.30. The molecule has 0 bridgehead atoms. The summed E-state index contributed by atoms with van der Waals surface area (Å²) in [5.41, 5.74) is 0. The third kappa shape index (κ3) is 11.1. The van der Waals surface area contributed by atoms with Gasteiger partial charge in [-0.2, -0.15) is 14.6 Å². The third-order valence-electron chi connectivity index (χ3n) is 3.75. The Hall–Kier alpha value is -0.360. The molecule has 0 saturated carbocycles. The van der Waals surface area contributed by atoms with Crippen LogP contribution in [-0.2, 0) is 28.8 Å². The minimum absolute atomic E-state index is 0.320. The van der Waals surface area contributed by atoms with E-state index in [4.69, 9.17) is 28.8 Å². The fourth-order valence-electron chi connectivity index (χ4n) is 2.30. The summed E-state index contributed by atoms with van der Waals surface area (Å²) < 4.78 is 21.6.